The van der Waals surface area contributed by atoms with E-state index in [1.807, 2.05) is 0 Å². The summed E-state index contributed by atoms with van der Waals surface area (Å²) >= 11 is 0. The lowest BCUT2D eigenvalue weighted by atomic mass is 10.2. The van der Waals surface area contributed by atoms with Crippen LogP contribution in [0, 0.1) is 5.82 Å². The monoisotopic (exact) mass is 183 g/mol. The van der Waals surface area contributed by atoms with E-state index in [2.05, 4.69) is 5.32 Å². The molecule has 3 heteroatoms. The standard InChI is InChI=1S/C10H14FNO/c1-7(8(2)13)12-10-6-4-3-5-9(10)11/h3-8,12-13H,1-2H3. The molecule has 0 amide bonds. The van der Waals surface area contributed by atoms with Crippen LogP contribution in [0.25, 0.3) is 0 Å². The molecule has 0 fully saturated rings. The van der Waals surface area contributed by atoms with Gasteiger partial charge in [-0.15, -0.1) is 0 Å². The van der Waals surface area contributed by atoms with Crippen molar-refractivity contribution in [2.45, 2.75) is 26.0 Å². The first kappa shape index (κ1) is 9.99. The number of hydrogen-bond donors (Lipinski definition) is 2. The van der Waals surface area contributed by atoms with Gasteiger partial charge in [-0.25, -0.2) is 4.39 Å². The summed E-state index contributed by atoms with van der Waals surface area (Å²) < 4.78 is 13.1. The molecule has 2 nitrogen and oxygen atoms in total. The van der Waals surface area contributed by atoms with Gasteiger partial charge in [0.05, 0.1) is 11.8 Å². The molecule has 0 aromatic heterocycles. The lowest BCUT2D eigenvalue weighted by Gasteiger charge is -2.17. The summed E-state index contributed by atoms with van der Waals surface area (Å²) in [5.41, 5.74) is 0.427. The van der Waals surface area contributed by atoms with Gasteiger partial charge in [0.15, 0.2) is 0 Å². The summed E-state index contributed by atoms with van der Waals surface area (Å²) in [5, 5.41) is 12.1. The third kappa shape index (κ3) is 2.70. The van der Waals surface area contributed by atoms with E-state index < -0.39 is 6.10 Å². The number of aliphatic hydroxyl groups is 1. The van der Waals surface area contributed by atoms with Gasteiger partial charge in [0.1, 0.15) is 5.82 Å². The van der Waals surface area contributed by atoms with E-state index in [1.165, 1.54) is 6.07 Å². The van der Waals surface area contributed by atoms with Crippen molar-refractivity contribution < 1.29 is 9.50 Å². The molecular formula is C10H14FNO. The zero-order valence-electron chi connectivity index (χ0n) is 7.79. The van der Waals surface area contributed by atoms with Gasteiger partial charge in [0.2, 0.25) is 0 Å². The average Bonchev–Trinajstić information content (AvgIpc) is 2.08. The molecule has 0 bridgehead atoms. The largest absolute Gasteiger partial charge is 0.391 e. The molecule has 2 unspecified atom stereocenters. The number of benzene rings is 1. The van der Waals surface area contributed by atoms with Crippen LogP contribution in [0.4, 0.5) is 10.1 Å². The first-order chi connectivity index (χ1) is 6.11. The maximum Gasteiger partial charge on any atom is 0.146 e. The van der Waals surface area contributed by atoms with Crippen molar-refractivity contribution in [3.8, 4) is 0 Å². The second-order valence-electron chi connectivity index (χ2n) is 3.15. The Kier molecular flexibility index (Phi) is 3.25. The van der Waals surface area contributed by atoms with Crippen molar-refractivity contribution in [3.05, 3.63) is 30.1 Å². The predicted molar refractivity (Wildman–Crippen MR) is 51.2 cm³/mol. The van der Waals surface area contributed by atoms with Gasteiger partial charge < -0.3 is 10.4 Å². The normalized spacial score (nSPS) is 15.1. The number of anilines is 1. The van der Waals surface area contributed by atoms with Crippen molar-refractivity contribution in [1.29, 1.82) is 0 Å². The Morgan fingerprint density at radius 3 is 2.46 bits per heavy atom. The fourth-order valence-electron chi connectivity index (χ4n) is 0.944. The molecule has 0 saturated heterocycles. The minimum Gasteiger partial charge on any atom is -0.391 e. The maximum absolute atomic E-state index is 13.1. The molecule has 1 aromatic carbocycles. The number of halogens is 1. The summed E-state index contributed by atoms with van der Waals surface area (Å²) in [5.74, 6) is -0.296. The number of hydrogen-bond acceptors (Lipinski definition) is 2. The van der Waals surface area contributed by atoms with Crippen LogP contribution in [0.15, 0.2) is 24.3 Å². The van der Waals surface area contributed by atoms with E-state index in [0.29, 0.717) is 5.69 Å². The van der Waals surface area contributed by atoms with Gasteiger partial charge in [-0.05, 0) is 26.0 Å². The average molecular weight is 183 g/mol. The Labute approximate surface area is 77.4 Å². The molecule has 2 atom stereocenters. The fourth-order valence-corrected chi connectivity index (χ4v) is 0.944. The van der Waals surface area contributed by atoms with E-state index in [-0.39, 0.29) is 11.9 Å². The van der Waals surface area contributed by atoms with Crippen LogP contribution < -0.4 is 5.32 Å². The molecule has 72 valence electrons. The van der Waals surface area contributed by atoms with E-state index >= 15 is 0 Å². The topological polar surface area (TPSA) is 32.3 Å². The zero-order chi connectivity index (χ0) is 9.84. The van der Waals surface area contributed by atoms with E-state index in [4.69, 9.17) is 0 Å². The van der Waals surface area contributed by atoms with E-state index in [0.717, 1.165) is 0 Å². The van der Waals surface area contributed by atoms with E-state index in [1.54, 1.807) is 32.0 Å². The summed E-state index contributed by atoms with van der Waals surface area (Å²) in [6, 6.07) is 6.26. The number of aliphatic hydroxyl groups excluding tert-OH is 1. The molecule has 2 N–H and O–H groups in total. The molecule has 0 aliphatic carbocycles. The first-order valence-electron chi connectivity index (χ1n) is 4.30. The third-order valence-electron chi connectivity index (χ3n) is 1.98. The van der Waals surface area contributed by atoms with Crippen molar-refractivity contribution in [2.24, 2.45) is 0 Å². The Morgan fingerprint density at radius 2 is 1.92 bits per heavy atom. The SMILES string of the molecule is CC(O)C(C)Nc1ccccc1F. The Morgan fingerprint density at radius 1 is 1.31 bits per heavy atom. The highest BCUT2D eigenvalue weighted by Crippen LogP contribution is 2.14. The van der Waals surface area contributed by atoms with E-state index in [9.17, 15) is 9.50 Å². The second kappa shape index (κ2) is 4.23. The summed E-state index contributed by atoms with van der Waals surface area (Å²) in [6.45, 7) is 3.47. The van der Waals surface area contributed by atoms with Gasteiger partial charge in [-0.1, -0.05) is 12.1 Å². The van der Waals surface area contributed by atoms with Gasteiger partial charge in [0.25, 0.3) is 0 Å². The van der Waals surface area contributed by atoms with Crippen LogP contribution >= 0.6 is 0 Å². The van der Waals surface area contributed by atoms with Crippen molar-refractivity contribution in [3.63, 3.8) is 0 Å². The van der Waals surface area contributed by atoms with Gasteiger partial charge >= 0.3 is 0 Å². The Balaban J connectivity index is 2.69. The molecule has 0 heterocycles. The molecule has 0 spiro atoms. The number of para-hydroxylation sites is 1. The highest BCUT2D eigenvalue weighted by atomic mass is 19.1. The third-order valence-corrected chi connectivity index (χ3v) is 1.98. The second-order valence-corrected chi connectivity index (χ2v) is 3.15. The minimum absolute atomic E-state index is 0.156. The number of nitrogens with one attached hydrogen (secondary N) is 1. The molecule has 0 saturated carbocycles. The van der Waals surface area contributed by atoms with Gasteiger partial charge in [-0.2, -0.15) is 0 Å². The molecule has 0 aliphatic heterocycles. The lowest BCUT2D eigenvalue weighted by Crippen LogP contribution is -2.28. The smallest absolute Gasteiger partial charge is 0.146 e. The van der Waals surface area contributed by atoms with Crippen LogP contribution in [0.3, 0.4) is 0 Å². The zero-order valence-corrected chi connectivity index (χ0v) is 7.79. The Hall–Kier alpha value is -1.09. The Bertz CT molecular complexity index is 275. The molecule has 1 aromatic rings. The summed E-state index contributed by atoms with van der Waals surface area (Å²) in [6.07, 6.45) is -0.500. The van der Waals surface area contributed by atoms with Crippen LogP contribution in [0.2, 0.25) is 0 Å². The van der Waals surface area contributed by atoms with Gasteiger partial charge in [-0.3, -0.25) is 0 Å². The summed E-state index contributed by atoms with van der Waals surface area (Å²) in [4.78, 5) is 0. The highest BCUT2D eigenvalue weighted by molar-refractivity contribution is 5.45. The first-order valence-corrected chi connectivity index (χ1v) is 4.30. The molecule has 13 heavy (non-hydrogen) atoms. The predicted octanol–water partition coefficient (Wildman–Crippen LogP) is 2.01. The van der Waals surface area contributed by atoms with Crippen LogP contribution in [0.5, 0.6) is 0 Å². The van der Waals surface area contributed by atoms with Crippen molar-refractivity contribution >= 4 is 5.69 Å². The molecule has 0 radical (unpaired) electrons. The fraction of sp³-hybridized carbons (Fsp3) is 0.400. The molecular weight excluding hydrogens is 169 g/mol. The molecule has 1 rings (SSSR count). The summed E-state index contributed by atoms with van der Waals surface area (Å²) in [7, 11) is 0. The number of rotatable bonds is 3. The van der Waals surface area contributed by atoms with Crippen LogP contribution in [-0.2, 0) is 0 Å². The lowest BCUT2D eigenvalue weighted by molar-refractivity contribution is 0.177. The molecule has 0 aliphatic rings. The minimum atomic E-state index is -0.500. The van der Waals surface area contributed by atoms with Crippen LogP contribution in [-0.4, -0.2) is 17.3 Å². The van der Waals surface area contributed by atoms with Crippen molar-refractivity contribution in [2.75, 3.05) is 5.32 Å². The maximum atomic E-state index is 13.1. The van der Waals surface area contributed by atoms with Crippen LogP contribution in [0.1, 0.15) is 13.8 Å². The quantitative estimate of drug-likeness (QED) is 0.751. The highest BCUT2D eigenvalue weighted by Gasteiger charge is 2.09. The van der Waals surface area contributed by atoms with Gasteiger partial charge in [0, 0.05) is 6.04 Å². The van der Waals surface area contributed by atoms with Crippen molar-refractivity contribution in [1.82, 2.24) is 0 Å².